The molecule has 2 heterocycles. The molecule has 2 aromatic rings. The number of hydrogen-bond acceptors (Lipinski definition) is 4. The number of halogens is 1. The fourth-order valence-electron chi connectivity index (χ4n) is 2.84. The van der Waals surface area contributed by atoms with Gasteiger partial charge in [-0.25, -0.2) is 0 Å². The highest BCUT2D eigenvalue weighted by Gasteiger charge is 2.20. The van der Waals surface area contributed by atoms with Crippen LogP contribution in [0.1, 0.15) is 5.56 Å². The molecule has 0 spiro atoms. The molecule has 1 saturated heterocycles. The Bertz CT molecular complexity index is 617. The summed E-state index contributed by atoms with van der Waals surface area (Å²) in [6, 6.07) is 8.38. The van der Waals surface area contributed by atoms with Crippen LogP contribution in [0.25, 0.3) is 10.9 Å². The lowest BCUT2D eigenvalue weighted by Crippen LogP contribution is -2.45. The van der Waals surface area contributed by atoms with Crippen molar-refractivity contribution in [1.29, 1.82) is 0 Å². The molecule has 1 aliphatic rings. The standard InChI is InChI=1S/C16H20BrN3O/c1-18-9-13-11-20(7-8-21-13)10-12-4-5-15(17)14-3-2-6-19-16(12)14/h2-6,13,18H,7-11H2,1H3. The Kier molecular flexibility index (Phi) is 4.85. The largest absolute Gasteiger partial charge is 0.374 e. The molecule has 0 saturated carbocycles. The normalized spacial score (nSPS) is 20.0. The van der Waals surface area contributed by atoms with E-state index in [4.69, 9.17) is 4.74 Å². The fraction of sp³-hybridized carbons (Fsp3) is 0.438. The summed E-state index contributed by atoms with van der Waals surface area (Å²) in [5.74, 6) is 0. The molecule has 1 atom stereocenters. The van der Waals surface area contributed by atoms with E-state index in [0.717, 1.165) is 42.8 Å². The van der Waals surface area contributed by atoms with Crippen LogP contribution >= 0.6 is 15.9 Å². The van der Waals surface area contributed by atoms with E-state index in [0.29, 0.717) is 0 Å². The summed E-state index contributed by atoms with van der Waals surface area (Å²) in [5, 5.41) is 4.36. The molecule has 21 heavy (non-hydrogen) atoms. The van der Waals surface area contributed by atoms with Gasteiger partial charge in [0.2, 0.25) is 0 Å². The van der Waals surface area contributed by atoms with Gasteiger partial charge in [-0.2, -0.15) is 0 Å². The molecule has 1 fully saturated rings. The highest BCUT2D eigenvalue weighted by atomic mass is 79.9. The van der Waals surface area contributed by atoms with Gasteiger partial charge in [0, 0.05) is 42.2 Å². The highest BCUT2D eigenvalue weighted by molar-refractivity contribution is 9.10. The van der Waals surface area contributed by atoms with E-state index >= 15 is 0 Å². The molecule has 1 unspecified atom stereocenters. The Morgan fingerprint density at radius 2 is 2.33 bits per heavy atom. The van der Waals surface area contributed by atoms with Crippen LogP contribution in [0.3, 0.4) is 0 Å². The van der Waals surface area contributed by atoms with Crippen LogP contribution in [-0.2, 0) is 11.3 Å². The van der Waals surface area contributed by atoms with Gasteiger partial charge in [-0.3, -0.25) is 9.88 Å². The molecule has 5 heteroatoms. The third-order valence-electron chi connectivity index (χ3n) is 3.85. The van der Waals surface area contributed by atoms with E-state index in [2.05, 4.69) is 49.3 Å². The zero-order chi connectivity index (χ0) is 14.7. The van der Waals surface area contributed by atoms with Gasteiger partial charge < -0.3 is 10.1 Å². The van der Waals surface area contributed by atoms with Gasteiger partial charge in [-0.05, 0) is 24.7 Å². The van der Waals surface area contributed by atoms with E-state index in [-0.39, 0.29) is 6.10 Å². The minimum absolute atomic E-state index is 0.276. The first kappa shape index (κ1) is 14.9. The summed E-state index contributed by atoms with van der Waals surface area (Å²) in [4.78, 5) is 7.01. The fourth-order valence-corrected chi connectivity index (χ4v) is 3.29. The molecular formula is C16H20BrN3O. The van der Waals surface area contributed by atoms with Crippen LogP contribution in [0.2, 0.25) is 0 Å². The third-order valence-corrected chi connectivity index (χ3v) is 4.54. The summed E-state index contributed by atoms with van der Waals surface area (Å²) in [5.41, 5.74) is 2.36. The van der Waals surface area contributed by atoms with Crippen LogP contribution in [0.4, 0.5) is 0 Å². The van der Waals surface area contributed by atoms with Gasteiger partial charge in [0.15, 0.2) is 0 Å². The second-order valence-corrected chi connectivity index (χ2v) is 6.25. The molecule has 0 aliphatic carbocycles. The van der Waals surface area contributed by atoms with Crippen LogP contribution in [0.5, 0.6) is 0 Å². The zero-order valence-electron chi connectivity index (χ0n) is 12.2. The predicted octanol–water partition coefficient (Wildman–Crippen LogP) is 2.42. The Labute approximate surface area is 133 Å². The number of ether oxygens (including phenoxy) is 1. The first-order chi connectivity index (χ1) is 10.3. The van der Waals surface area contributed by atoms with Crippen molar-refractivity contribution in [3.63, 3.8) is 0 Å². The lowest BCUT2D eigenvalue weighted by molar-refractivity contribution is -0.0290. The number of fused-ring (bicyclic) bond motifs is 1. The van der Waals surface area contributed by atoms with E-state index in [9.17, 15) is 0 Å². The minimum Gasteiger partial charge on any atom is -0.374 e. The number of pyridine rings is 1. The van der Waals surface area contributed by atoms with Gasteiger partial charge >= 0.3 is 0 Å². The molecule has 1 aliphatic heterocycles. The molecule has 0 amide bonds. The number of likely N-dealkylation sites (N-methyl/N-ethyl adjacent to an activating group) is 1. The summed E-state index contributed by atoms with van der Waals surface area (Å²) >= 11 is 3.60. The Balaban J connectivity index is 1.80. The average molecular weight is 350 g/mol. The molecule has 4 nitrogen and oxygen atoms in total. The molecular weight excluding hydrogens is 330 g/mol. The molecule has 1 aromatic carbocycles. The first-order valence-electron chi connectivity index (χ1n) is 7.28. The van der Waals surface area contributed by atoms with E-state index in [1.807, 2.05) is 19.3 Å². The van der Waals surface area contributed by atoms with Crippen molar-refractivity contribution in [2.75, 3.05) is 33.3 Å². The second kappa shape index (κ2) is 6.83. The number of morpholine rings is 1. The quantitative estimate of drug-likeness (QED) is 0.919. The second-order valence-electron chi connectivity index (χ2n) is 5.39. The number of nitrogens with one attached hydrogen (secondary N) is 1. The van der Waals surface area contributed by atoms with Gasteiger partial charge in [0.1, 0.15) is 0 Å². The molecule has 112 valence electrons. The van der Waals surface area contributed by atoms with Crippen molar-refractivity contribution in [1.82, 2.24) is 15.2 Å². The van der Waals surface area contributed by atoms with Crippen molar-refractivity contribution in [2.45, 2.75) is 12.6 Å². The number of rotatable bonds is 4. The summed E-state index contributed by atoms with van der Waals surface area (Å²) in [7, 11) is 1.97. The van der Waals surface area contributed by atoms with E-state index in [1.165, 1.54) is 10.9 Å². The van der Waals surface area contributed by atoms with Gasteiger partial charge in [0.25, 0.3) is 0 Å². The van der Waals surface area contributed by atoms with E-state index < -0.39 is 0 Å². The summed E-state index contributed by atoms with van der Waals surface area (Å²) in [6.07, 6.45) is 2.14. The Hall–Kier alpha value is -1.01. The monoisotopic (exact) mass is 349 g/mol. The number of aromatic nitrogens is 1. The number of nitrogens with zero attached hydrogens (tertiary/aromatic N) is 2. The summed E-state index contributed by atoms with van der Waals surface area (Å²) in [6.45, 7) is 4.56. The highest BCUT2D eigenvalue weighted by Crippen LogP contribution is 2.26. The van der Waals surface area contributed by atoms with Gasteiger partial charge in [-0.15, -0.1) is 0 Å². The van der Waals surface area contributed by atoms with Crippen molar-refractivity contribution < 1.29 is 4.74 Å². The minimum atomic E-state index is 0.276. The first-order valence-corrected chi connectivity index (χ1v) is 8.08. The zero-order valence-corrected chi connectivity index (χ0v) is 13.8. The lowest BCUT2D eigenvalue weighted by atomic mass is 10.1. The van der Waals surface area contributed by atoms with Crippen LogP contribution in [0.15, 0.2) is 34.9 Å². The Morgan fingerprint density at radius 1 is 1.43 bits per heavy atom. The maximum atomic E-state index is 5.77. The van der Waals surface area contributed by atoms with Crippen molar-refractivity contribution >= 4 is 26.8 Å². The molecule has 3 rings (SSSR count). The lowest BCUT2D eigenvalue weighted by Gasteiger charge is -2.33. The van der Waals surface area contributed by atoms with Crippen molar-refractivity contribution in [3.05, 3.63) is 40.5 Å². The molecule has 0 radical (unpaired) electrons. The molecule has 0 bridgehead atoms. The molecule has 1 aromatic heterocycles. The van der Waals surface area contributed by atoms with Gasteiger partial charge in [0.05, 0.1) is 18.2 Å². The third kappa shape index (κ3) is 3.43. The average Bonchev–Trinajstić information content (AvgIpc) is 2.51. The Morgan fingerprint density at radius 3 is 3.19 bits per heavy atom. The van der Waals surface area contributed by atoms with Gasteiger partial charge in [-0.1, -0.05) is 28.1 Å². The smallest absolute Gasteiger partial charge is 0.0826 e. The topological polar surface area (TPSA) is 37.4 Å². The SMILES string of the molecule is CNCC1CN(Cc2ccc(Br)c3cccnc23)CCO1. The van der Waals surface area contributed by atoms with Crippen LogP contribution in [0, 0.1) is 0 Å². The maximum absolute atomic E-state index is 5.77. The van der Waals surface area contributed by atoms with E-state index in [1.54, 1.807) is 0 Å². The summed E-state index contributed by atoms with van der Waals surface area (Å²) < 4.78 is 6.87. The number of hydrogen-bond donors (Lipinski definition) is 1. The molecule has 1 N–H and O–H groups in total. The maximum Gasteiger partial charge on any atom is 0.0826 e. The number of benzene rings is 1. The van der Waals surface area contributed by atoms with Crippen molar-refractivity contribution in [2.24, 2.45) is 0 Å². The van der Waals surface area contributed by atoms with Crippen LogP contribution in [-0.4, -0.2) is 49.3 Å². The van der Waals surface area contributed by atoms with Crippen molar-refractivity contribution in [3.8, 4) is 0 Å². The van der Waals surface area contributed by atoms with Crippen LogP contribution < -0.4 is 5.32 Å². The predicted molar refractivity (Wildman–Crippen MR) is 88.4 cm³/mol.